The van der Waals surface area contributed by atoms with Gasteiger partial charge in [-0.15, -0.1) is 0 Å². The number of benzene rings is 2. The quantitative estimate of drug-likeness (QED) is 0.479. The highest BCUT2D eigenvalue weighted by molar-refractivity contribution is 6.30. The molecule has 0 radical (unpaired) electrons. The second-order valence-electron chi connectivity index (χ2n) is 10.2. The minimum atomic E-state index is -0.563. The van der Waals surface area contributed by atoms with Crippen molar-refractivity contribution in [3.8, 4) is 17.3 Å². The van der Waals surface area contributed by atoms with E-state index in [2.05, 4.69) is 16.3 Å². The van der Waals surface area contributed by atoms with Crippen LogP contribution >= 0.6 is 11.6 Å². The van der Waals surface area contributed by atoms with Crippen LogP contribution in [0.3, 0.4) is 0 Å². The van der Waals surface area contributed by atoms with Crippen molar-refractivity contribution in [3.63, 3.8) is 0 Å². The van der Waals surface area contributed by atoms with Gasteiger partial charge in [0.2, 0.25) is 5.91 Å². The number of nitriles is 1. The standard InChI is InChI=1S/C29H33ClN6O2/c1-20(37)35-15-12-28-26(19-35)29(21-6-8-23(30)9-7-21)33-36(28)18-25(38)17-34-13-10-24(11-14-34)32-27-5-3-2-4-22(27)16-31/h2-9,24-25,32,38H,10-15,17-19H2,1H3. The van der Waals surface area contributed by atoms with E-state index in [1.54, 1.807) is 6.92 Å². The summed E-state index contributed by atoms with van der Waals surface area (Å²) in [6.07, 6.45) is 2.05. The Kier molecular flexibility index (Phi) is 7.98. The Balaban J connectivity index is 1.23. The van der Waals surface area contributed by atoms with E-state index >= 15 is 0 Å². The number of halogens is 1. The summed E-state index contributed by atoms with van der Waals surface area (Å²) in [6, 6.07) is 17.8. The SMILES string of the molecule is CC(=O)N1CCc2c(c(-c3ccc(Cl)cc3)nn2CC(O)CN2CCC(Nc3ccccc3C#N)CC2)C1. The normalized spacial score (nSPS) is 17.1. The van der Waals surface area contributed by atoms with Gasteiger partial charge >= 0.3 is 0 Å². The van der Waals surface area contributed by atoms with E-state index in [-0.39, 0.29) is 5.91 Å². The lowest BCUT2D eigenvalue weighted by molar-refractivity contribution is -0.129. The van der Waals surface area contributed by atoms with E-state index in [0.717, 1.165) is 54.1 Å². The van der Waals surface area contributed by atoms with Gasteiger partial charge in [-0.3, -0.25) is 9.48 Å². The average Bonchev–Trinajstić information content (AvgIpc) is 3.27. The molecule has 2 aliphatic rings. The summed E-state index contributed by atoms with van der Waals surface area (Å²) < 4.78 is 1.94. The van der Waals surface area contributed by atoms with Crippen molar-refractivity contribution in [2.45, 2.75) is 51.4 Å². The molecule has 2 N–H and O–H groups in total. The lowest BCUT2D eigenvalue weighted by atomic mass is 10.0. The number of nitrogens with one attached hydrogen (secondary N) is 1. The van der Waals surface area contributed by atoms with E-state index in [9.17, 15) is 15.2 Å². The Labute approximate surface area is 228 Å². The maximum Gasteiger partial charge on any atom is 0.219 e. The molecule has 0 spiro atoms. The monoisotopic (exact) mass is 532 g/mol. The average molecular weight is 533 g/mol. The van der Waals surface area contributed by atoms with Crippen LogP contribution in [-0.4, -0.2) is 68.9 Å². The third kappa shape index (κ3) is 5.86. The highest BCUT2D eigenvalue weighted by atomic mass is 35.5. The largest absolute Gasteiger partial charge is 0.390 e. The molecule has 1 fully saturated rings. The number of nitrogens with zero attached hydrogens (tertiary/aromatic N) is 5. The molecule has 0 aliphatic carbocycles. The van der Waals surface area contributed by atoms with Gasteiger partial charge in [0, 0.05) is 74.0 Å². The number of piperidine rings is 1. The minimum absolute atomic E-state index is 0.0551. The van der Waals surface area contributed by atoms with E-state index in [0.29, 0.717) is 49.2 Å². The molecule has 2 aliphatic heterocycles. The van der Waals surface area contributed by atoms with Gasteiger partial charge in [-0.2, -0.15) is 10.4 Å². The smallest absolute Gasteiger partial charge is 0.219 e. The molecule has 38 heavy (non-hydrogen) atoms. The Hall–Kier alpha value is -3.38. The third-order valence-electron chi connectivity index (χ3n) is 7.54. The maximum atomic E-state index is 12.1. The highest BCUT2D eigenvalue weighted by Crippen LogP contribution is 2.31. The third-order valence-corrected chi connectivity index (χ3v) is 7.80. The Morgan fingerprint density at radius 2 is 1.89 bits per heavy atom. The number of β-amino-alcohol motifs (C(OH)–C–C–N with tert-alkyl or cyclic N) is 1. The number of para-hydroxylation sites is 1. The van der Waals surface area contributed by atoms with E-state index in [1.807, 2.05) is 58.1 Å². The molecule has 1 atom stereocenters. The molecule has 1 saturated heterocycles. The number of aliphatic hydroxyl groups excluding tert-OH is 1. The summed E-state index contributed by atoms with van der Waals surface area (Å²) in [5.41, 5.74) is 5.49. The fraction of sp³-hybridized carbons (Fsp3) is 0.414. The van der Waals surface area contributed by atoms with Gasteiger partial charge < -0.3 is 20.2 Å². The zero-order valence-corrected chi connectivity index (χ0v) is 22.4. The second kappa shape index (κ2) is 11.6. The number of rotatable bonds is 7. The molecule has 2 aromatic carbocycles. The summed E-state index contributed by atoms with van der Waals surface area (Å²) in [6.45, 7) is 5.51. The van der Waals surface area contributed by atoms with Crippen LogP contribution in [0, 0.1) is 11.3 Å². The topological polar surface area (TPSA) is 97.4 Å². The van der Waals surface area contributed by atoms with Crippen LogP contribution in [0.4, 0.5) is 5.69 Å². The first-order chi connectivity index (χ1) is 18.4. The van der Waals surface area contributed by atoms with Crippen LogP contribution in [0.1, 0.15) is 36.6 Å². The molecule has 5 rings (SSSR count). The van der Waals surface area contributed by atoms with Crippen LogP contribution in [0.15, 0.2) is 48.5 Å². The van der Waals surface area contributed by atoms with E-state index in [1.165, 1.54) is 0 Å². The van der Waals surface area contributed by atoms with E-state index in [4.69, 9.17) is 16.7 Å². The lowest BCUT2D eigenvalue weighted by Crippen LogP contribution is -2.43. The van der Waals surface area contributed by atoms with Crippen molar-refractivity contribution in [3.05, 3.63) is 70.4 Å². The molecule has 0 bridgehead atoms. The van der Waals surface area contributed by atoms with Crippen LogP contribution in [0.25, 0.3) is 11.3 Å². The van der Waals surface area contributed by atoms with E-state index < -0.39 is 6.10 Å². The number of aliphatic hydroxyl groups is 1. The Morgan fingerprint density at radius 3 is 2.61 bits per heavy atom. The summed E-state index contributed by atoms with van der Waals surface area (Å²) >= 11 is 6.10. The van der Waals surface area contributed by atoms with Crippen molar-refractivity contribution in [2.75, 3.05) is 31.5 Å². The van der Waals surface area contributed by atoms with Crippen LogP contribution < -0.4 is 5.32 Å². The number of anilines is 1. The molecule has 198 valence electrons. The van der Waals surface area contributed by atoms with Gasteiger partial charge in [-0.25, -0.2) is 0 Å². The maximum absolute atomic E-state index is 12.1. The van der Waals surface area contributed by atoms with Crippen molar-refractivity contribution >= 4 is 23.2 Å². The number of amides is 1. The fourth-order valence-corrected chi connectivity index (χ4v) is 5.62. The predicted molar refractivity (Wildman–Crippen MR) is 148 cm³/mol. The van der Waals surface area contributed by atoms with Crippen LogP contribution in [-0.2, 0) is 24.3 Å². The van der Waals surface area contributed by atoms with Gasteiger partial charge in [0.25, 0.3) is 0 Å². The summed E-state index contributed by atoms with van der Waals surface area (Å²) in [4.78, 5) is 16.2. The molecule has 1 amide bonds. The van der Waals surface area contributed by atoms with Gasteiger partial charge in [0.05, 0.1) is 29.6 Å². The van der Waals surface area contributed by atoms with Crippen LogP contribution in [0.2, 0.25) is 5.02 Å². The molecule has 8 nitrogen and oxygen atoms in total. The van der Waals surface area contributed by atoms with Crippen LogP contribution in [0.5, 0.6) is 0 Å². The van der Waals surface area contributed by atoms with Gasteiger partial charge in [0.1, 0.15) is 6.07 Å². The number of likely N-dealkylation sites (tertiary alicyclic amines) is 1. The number of hydrogen-bond donors (Lipinski definition) is 2. The number of hydrogen-bond acceptors (Lipinski definition) is 6. The number of aromatic nitrogens is 2. The van der Waals surface area contributed by atoms with Gasteiger partial charge in [-0.05, 0) is 37.1 Å². The first-order valence-electron chi connectivity index (χ1n) is 13.2. The molecule has 1 unspecified atom stereocenters. The Bertz CT molecular complexity index is 1320. The lowest BCUT2D eigenvalue weighted by Gasteiger charge is -2.34. The Morgan fingerprint density at radius 1 is 1.16 bits per heavy atom. The molecular weight excluding hydrogens is 500 g/mol. The minimum Gasteiger partial charge on any atom is -0.390 e. The number of carbonyl (C=O) groups excluding carboxylic acids is 1. The molecule has 1 aromatic heterocycles. The molecule has 3 aromatic rings. The molecule has 0 saturated carbocycles. The van der Waals surface area contributed by atoms with Gasteiger partial charge in [0.15, 0.2) is 0 Å². The highest BCUT2D eigenvalue weighted by Gasteiger charge is 2.28. The second-order valence-corrected chi connectivity index (χ2v) is 10.6. The number of fused-ring (bicyclic) bond motifs is 1. The summed E-state index contributed by atoms with van der Waals surface area (Å²) in [5, 5.41) is 29.5. The predicted octanol–water partition coefficient (Wildman–Crippen LogP) is 3.92. The van der Waals surface area contributed by atoms with Crippen molar-refractivity contribution < 1.29 is 9.90 Å². The molecule has 9 heteroatoms. The van der Waals surface area contributed by atoms with Crippen molar-refractivity contribution in [2.24, 2.45) is 0 Å². The molecule has 3 heterocycles. The zero-order valence-electron chi connectivity index (χ0n) is 21.6. The van der Waals surface area contributed by atoms with Crippen molar-refractivity contribution in [1.82, 2.24) is 19.6 Å². The fourth-order valence-electron chi connectivity index (χ4n) is 5.49. The first-order valence-corrected chi connectivity index (χ1v) is 13.5. The number of carbonyl (C=O) groups is 1. The summed E-state index contributed by atoms with van der Waals surface area (Å²) in [5.74, 6) is 0.0551. The van der Waals surface area contributed by atoms with Gasteiger partial charge in [-0.1, -0.05) is 35.9 Å². The molecular formula is C29H33ClN6O2. The first kappa shape index (κ1) is 26.2. The van der Waals surface area contributed by atoms with Crippen molar-refractivity contribution in [1.29, 1.82) is 5.26 Å². The summed E-state index contributed by atoms with van der Waals surface area (Å²) in [7, 11) is 0. The zero-order chi connectivity index (χ0) is 26.6.